The van der Waals surface area contributed by atoms with Crippen molar-refractivity contribution in [2.75, 3.05) is 11.9 Å². The lowest BCUT2D eigenvalue weighted by Crippen LogP contribution is -2.43. The van der Waals surface area contributed by atoms with E-state index in [2.05, 4.69) is 16.2 Å². The van der Waals surface area contributed by atoms with Gasteiger partial charge in [0.05, 0.1) is 6.54 Å². The van der Waals surface area contributed by atoms with Gasteiger partial charge in [0.15, 0.2) is 0 Å². The van der Waals surface area contributed by atoms with Gasteiger partial charge in [-0.3, -0.25) is 20.4 Å². The molecule has 24 heavy (non-hydrogen) atoms. The summed E-state index contributed by atoms with van der Waals surface area (Å²) in [7, 11) is 0. The van der Waals surface area contributed by atoms with Crippen molar-refractivity contribution in [2.24, 2.45) is 0 Å². The van der Waals surface area contributed by atoms with Crippen molar-refractivity contribution in [2.45, 2.75) is 13.8 Å². The summed E-state index contributed by atoms with van der Waals surface area (Å²) in [6.07, 6.45) is 3.04. The minimum atomic E-state index is -0.390. The summed E-state index contributed by atoms with van der Waals surface area (Å²) >= 11 is 0. The van der Waals surface area contributed by atoms with Gasteiger partial charge >= 0.3 is 0 Å². The van der Waals surface area contributed by atoms with E-state index in [1.165, 1.54) is 11.6 Å². The number of hydrazine groups is 1. The fourth-order valence-electron chi connectivity index (χ4n) is 2.14. The maximum atomic E-state index is 11.8. The van der Waals surface area contributed by atoms with Crippen LogP contribution in [0.1, 0.15) is 16.7 Å². The highest BCUT2D eigenvalue weighted by molar-refractivity contribution is 5.93. The second-order valence-corrected chi connectivity index (χ2v) is 5.45. The highest BCUT2D eigenvalue weighted by Crippen LogP contribution is 2.15. The minimum absolute atomic E-state index is 0.0760. The third-order valence-corrected chi connectivity index (χ3v) is 3.37. The Labute approximate surface area is 141 Å². The number of benzene rings is 2. The van der Waals surface area contributed by atoms with Crippen molar-refractivity contribution in [3.05, 3.63) is 71.3 Å². The first-order valence-electron chi connectivity index (χ1n) is 7.67. The first kappa shape index (κ1) is 17.3. The van der Waals surface area contributed by atoms with Crippen LogP contribution in [-0.2, 0) is 9.59 Å². The molecule has 0 fully saturated rings. The molecule has 0 aromatic heterocycles. The molecule has 3 N–H and O–H groups in total. The van der Waals surface area contributed by atoms with Crippen molar-refractivity contribution in [1.82, 2.24) is 10.9 Å². The van der Waals surface area contributed by atoms with E-state index in [-0.39, 0.29) is 12.5 Å². The molecule has 5 nitrogen and oxygen atoms in total. The van der Waals surface area contributed by atoms with Crippen LogP contribution in [0.2, 0.25) is 0 Å². The van der Waals surface area contributed by atoms with Gasteiger partial charge in [0.1, 0.15) is 0 Å². The lowest BCUT2D eigenvalue weighted by atomic mass is 10.1. The van der Waals surface area contributed by atoms with Crippen molar-refractivity contribution >= 4 is 23.6 Å². The van der Waals surface area contributed by atoms with Crippen molar-refractivity contribution in [1.29, 1.82) is 0 Å². The van der Waals surface area contributed by atoms with Crippen molar-refractivity contribution in [3.8, 4) is 0 Å². The Bertz CT molecular complexity index is 740. The van der Waals surface area contributed by atoms with Gasteiger partial charge in [-0.15, -0.1) is 0 Å². The summed E-state index contributed by atoms with van der Waals surface area (Å²) in [5, 5.41) is 3.04. The van der Waals surface area contributed by atoms with Crippen LogP contribution in [0.3, 0.4) is 0 Å². The lowest BCUT2D eigenvalue weighted by molar-refractivity contribution is -0.125. The number of carbonyl (C=O) groups excluding carboxylic acids is 2. The molecule has 0 aliphatic rings. The molecule has 0 spiro atoms. The standard InChI is InChI=1S/C19H21N3O2/c1-14-8-10-17(15(2)12-14)20-13-19(24)22-21-18(23)11-9-16-6-4-3-5-7-16/h3-12,20H,13H2,1-2H3,(H,21,23)(H,22,24)/b11-9+. The molecular weight excluding hydrogens is 302 g/mol. The van der Waals surface area contributed by atoms with Gasteiger partial charge in [0.2, 0.25) is 0 Å². The van der Waals surface area contributed by atoms with E-state index in [1.54, 1.807) is 6.08 Å². The van der Waals surface area contributed by atoms with Crippen LogP contribution in [0.5, 0.6) is 0 Å². The number of hydrogen-bond donors (Lipinski definition) is 3. The van der Waals surface area contributed by atoms with Crippen LogP contribution in [0.4, 0.5) is 5.69 Å². The fourth-order valence-corrected chi connectivity index (χ4v) is 2.14. The maximum absolute atomic E-state index is 11.8. The Kier molecular flexibility index (Phi) is 6.14. The number of carbonyl (C=O) groups is 2. The van der Waals surface area contributed by atoms with Gasteiger partial charge in [-0.1, -0.05) is 48.0 Å². The normalized spacial score (nSPS) is 10.4. The first-order chi connectivity index (χ1) is 11.5. The van der Waals surface area contributed by atoms with E-state index in [0.717, 1.165) is 16.8 Å². The van der Waals surface area contributed by atoms with E-state index in [9.17, 15) is 9.59 Å². The molecule has 0 aliphatic heterocycles. The monoisotopic (exact) mass is 323 g/mol. The summed E-state index contributed by atoms with van der Waals surface area (Å²) in [6.45, 7) is 4.07. The minimum Gasteiger partial charge on any atom is -0.376 e. The third-order valence-electron chi connectivity index (χ3n) is 3.37. The third kappa shape index (κ3) is 5.61. The topological polar surface area (TPSA) is 70.2 Å². The zero-order chi connectivity index (χ0) is 17.4. The molecule has 0 unspecified atom stereocenters. The Balaban J connectivity index is 1.74. The largest absolute Gasteiger partial charge is 0.376 e. The molecule has 2 aromatic carbocycles. The van der Waals surface area contributed by atoms with Gasteiger partial charge in [-0.05, 0) is 37.1 Å². The highest BCUT2D eigenvalue weighted by Gasteiger charge is 2.04. The predicted octanol–water partition coefficient (Wildman–Crippen LogP) is 2.58. The number of anilines is 1. The molecule has 0 heterocycles. The molecule has 0 radical (unpaired) electrons. The van der Waals surface area contributed by atoms with Gasteiger partial charge in [-0.25, -0.2) is 0 Å². The zero-order valence-electron chi connectivity index (χ0n) is 13.8. The Morgan fingerprint density at radius 3 is 2.46 bits per heavy atom. The lowest BCUT2D eigenvalue weighted by Gasteiger charge is -2.10. The molecule has 5 heteroatoms. The van der Waals surface area contributed by atoms with Crippen LogP contribution in [0, 0.1) is 13.8 Å². The van der Waals surface area contributed by atoms with Crippen LogP contribution >= 0.6 is 0 Å². The molecule has 2 aromatic rings. The van der Waals surface area contributed by atoms with E-state index < -0.39 is 5.91 Å². The van der Waals surface area contributed by atoms with Crippen molar-refractivity contribution in [3.63, 3.8) is 0 Å². The average Bonchev–Trinajstić information content (AvgIpc) is 2.58. The molecule has 0 atom stereocenters. The number of hydrogen-bond acceptors (Lipinski definition) is 3. The highest BCUT2D eigenvalue weighted by atomic mass is 16.2. The Morgan fingerprint density at radius 1 is 1.00 bits per heavy atom. The first-order valence-corrected chi connectivity index (χ1v) is 7.67. The van der Waals surface area contributed by atoms with Crippen LogP contribution < -0.4 is 16.2 Å². The average molecular weight is 323 g/mol. The summed E-state index contributed by atoms with van der Waals surface area (Å²) in [5.41, 5.74) is 8.76. The Morgan fingerprint density at radius 2 is 1.75 bits per heavy atom. The fraction of sp³-hybridized carbons (Fsp3) is 0.158. The van der Waals surface area contributed by atoms with E-state index in [1.807, 2.05) is 62.4 Å². The zero-order valence-corrected chi connectivity index (χ0v) is 13.8. The number of rotatable bonds is 5. The number of nitrogens with one attached hydrogen (secondary N) is 3. The molecule has 124 valence electrons. The van der Waals surface area contributed by atoms with Crippen LogP contribution in [0.25, 0.3) is 6.08 Å². The SMILES string of the molecule is Cc1ccc(NCC(=O)NNC(=O)/C=C/c2ccccc2)c(C)c1. The quantitative estimate of drug-likeness (QED) is 0.585. The van der Waals surface area contributed by atoms with Gasteiger partial charge in [0.25, 0.3) is 11.8 Å². The van der Waals surface area contributed by atoms with Gasteiger partial charge in [0, 0.05) is 11.8 Å². The molecule has 2 amide bonds. The molecule has 0 bridgehead atoms. The summed E-state index contributed by atoms with van der Waals surface area (Å²) in [6, 6.07) is 15.4. The van der Waals surface area contributed by atoms with E-state index in [0.29, 0.717) is 0 Å². The number of amides is 2. The van der Waals surface area contributed by atoms with Crippen molar-refractivity contribution < 1.29 is 9.59 Å². The summed E-state index contributed by atoms with van der Waals surface area (Å²) < 4.78 is 0. The molecular formula is C19H21N3O2. The second kappa shape index (κ2) is 8.53. The molecule has 0 saturated carbocycles. The summed E-state index contributed by atoms with van der Waals surface area (Å²) in [4.78, 5) is 23.4. The van der Waals surface area contributed by atoms with Crippen LogP contribution in [-0.4, -0.2) is 18.4 Å². The molecule has 2 rings (SSSR count). The summed E-state index contributed by atoms with van der Waals surface area (Å²) in [5.74, 6) is -0.713. The van der Waals surface area contributed by atoms with E-state index >= 15 is 0 Å². The molecule has 0 saturated heterocycles. The van der Waals surface area contributed by atoms with Crippen LogP contribution in [0.15, 0.2) is 54.6 Å². The predicted molar refractivity (Wildman–Crippen MR) is 96.2 cm³/mol. The van der Waals surface area contributed by atoms with Gasteiger partial charge < -0.3 is 5.32 Å². The van der Waals surface area contributed by atoms with E-state index in [4.69, 9.17) is 0 Å². The van der Waals surface area contributed by atoms with Gasteiger partial charge in [-0.2, -0.15) is 0 Å². The number of aryl methyl sites for hydroxylation is 2. The smallest absolute Gasteiger partial charge is 0.262 e. The maximum Gasteiger partial charge on any atom is 0.262 e. The second-order valence-electron chi connectivity index (χ2n) is 5.45. The Hall–Kier alpha value is -3.08. The molecule has 0 aliphatic carbocycles.